The van der Waals surface area contributed by atoms with E-state index in [0.29, 0.717) is 30.9 Å². The first-order valence-corrected chi connectivity index (χ1v) is 10.6. The summed E-state index contributed by atoms with van der Waals surface area (Å²) in [6.45, 7) is 4.79. The van der Waals surface area contributed by atoms with Crippen LogP contribution in [0.5, 0.6) is 0 Å². The van der Waals surface area contributed by atoms with Gasteiger partial charge < -0.3 is 15.0 Å². The van der Waals surface area contributed by atoms with Gasteiger partial charge in [0.2, 0.25) is 5.91 Å². The Morgan fingerprint density at radius 2 is 1.71 bits per heavy atom. The third-order valence-corrected chi connectivity index (χ3v) is 4.96. The minimum absolute atomic E-state index is 0.0152. The van der Waals surface area contributed by atoms with Crippen molar-refractivity contribution < 1.29 is 19.1 Å². The number of carbonyl (C=O) groups is 3. The SMILES string of the molecule is CC(C)COC(=O)Nc1cccc(NC(=O)C(c2ccccc2)N2CCCCC2=O)c1. The molecule has 7 nitrogen and oxygen atoms in total. The van der Waals surface area contributed by atoms with Crippen molar-refractivity contribution in [1.82, 2.24) is 4.90 Å². The van der Waals surface area contributed by atoms with Crippen LogP contribution < -0.4 is 10.6 Å². The van der Waals surface area contributed by atoms with E-state index in [9.17, 15) is 14.4 Å². The van der Waals surface area contributed by atoms with Crippen LogP contribution in [0.25, 0.3) is 0 Å². The molecule has 1 saturated heterocycles. The van der Waals surface area contributed by atoms with Gasteiger partial charge in [-0.15, -0.1) is 0 Å². The van der Waals surface area contributed by atoms with Crippen LogP contribution in [0.3, 0.4) is 0 Å². The summed E-state index contributed by atoms with van der Waals surface area (Å²) in [6, 6.07) is 15.5. The number of hydrogen-bond acceptors (Lipinski definition) is 4. The minimum Gasteiger partial charge on any atom is -0.449 e. The van der Waals surface area contributed by atoms with Gasteiger partial charge >= 0.3 is 6.09 Å². The molecule has 0 spiro atoms. The lowest BCUT2D eigenvalue weighted by Gasteiger charge is -2.34. The number of likely N-dealkylation sites (tertiary alicyclic amines) is 1. The van der Waals surface area contributed by atoms with Gasteiger partial charge in [0.25, 0.3) is 5.91 Å². The van der Waals surface area contributed by atoms with Gasteiger partial charge in [0.15, 0.2) is 0 Å². The maximum atomic E-state index is 13.3. The molecule has 1 fully saturated rings. The highest BCUT2D eigenvalue weighted by molar-refractivity contribution is 5.98. The van der Waals surface area contributed by atoms with Crippen LogP contribution in [0.1, 0.15) is 44.7 Å². The molecule has 0 aromatic heterocycles. The molecule has 0 bridgehead atoms. The monoisotopic (exact) mass is 423 g/mol. The Kier molecular flexibility index (Phi) is 7.65. The van der Waals surface area contributed by atoms with E-state index in [4.69, 9.17) is 4.74 Å². The summed E-state index contributed by atoms with van der Waals surface area (Å²) in [5, 5.41) is 5.56. The van der Waals surface area contributed by atoms with Crippen LogP contribution >= 0.6 is 0 Å². The highest BCUT2D eigenvalue weighted by atomic mass is 16.5. The highest BCUT2D eigenvalue weighted by Gasteiger charge is 2.32. The van der Waals surface area contributed by atoms with Crippen molar-refractivity contribution >= 4 is 29.3 Å². The van der Waals surface area contributed by atoms with Gasteiger partial charge in [-0.05, 0) is 42.5 Å². The summed E-state index contributed by atoms with van der Waals surface area (Å²) in [4.78, 5) is 39.4. The van der Waals surface area contributed by atoms with E-state index < -0.39 is 12.1 Å². The van der Waals surface area contributed by atoms with Gasteiger partial charge in [-0.25, -0.2) is 4.79 Å². The smallest absolute Gasteiger partial charge is 0.411 e. The molecule has 7 heteroatoms. The van der Waals surface area contributed by atoms with Crippen molar-refractivity contribution in [3.63, 3.8) is 0 Å². The number of nitrogens with zero attached hydrogens (tertiary/aromatic N) is 1. The van der Waals surface area contributed by atoms with Crippen LogP contribution in [-0.4, -0.2) is 36.0 Å². The number of amides is 3. The summed E-state index contributed by atoms with van der Waals surface area (Å²) in [5.74, 6) is -0.0663. The first-order valence-electron chi connectivity index (χ1n) is 10.6. The van der Waals surface area contributed by atoms with Crippen molar-refractivity contribution in [2.75, 3.05) is 23.8 Å². The Morgan fingerprint density at radius 3 is 2.39 bits per heavy atom. The largest absolute Gasteiger partial charge is 0.449 e. The van der Waals surface area contributed by atoms with Crippen molar-refractivity contribution in [3.05, 3.63) is 60.2 Å². The average Bonchev–Trinajstić information content (AvgIpc) is 2.75. The Hall–Kier alpha value is -3.35. The lowest BCUT2D eigenvalue weighted by atomic mass is 10.0. The number of carbonyl (C=O) groups excluding carboxylic acids is 3. The highest BCUT2D eigenvalue weighted by Crippen LogP contribution is 2.27. The summed E-state index contributed by atoms with van der Waals surface area (Å²) in [7, 11) is 0. The molecule has 3 rings (SSSR count). The van der Waals surface area contributed by atoms with E-state index >= 15 is 0 Å². The molecule has 2 N–H and O–H groups in total. The molecule has 2 aromatic carbocycles. The van der Waals surface area contributed by atoms with Gasteiger partial charge in [0, 0.05) is 24.3 Å². The summed E-state index contributed by atoms with van der Waals surface area (Å²) in [5.41, 5.74) is 1.80. The number of piperidine rings is 1. The number of ether oxygens (including phenoxy) is 1. The molecule has 1 atom stereocenters. The number of benzene rings is 2. The molecular weight excluding hydrogens is 394 g/mol. The molecule has 1 unspecified atom stereocenters. The second-order valence-corrected chi connectivity index (χ2v) is 8.04. The third kappa shape index (κ3) is 6.31. The first-order chi connectivity index (χ1) is 14.9. The van der Waals surface area contributed by atoms with E-state index in [2.05, 4.69) is 10.6 Å². The van der Waals surface area contributed by atoms with E-state index in [0.717, 1.165) is 18.4 Å². The van der Waals surface area contributed by atoms with Crippen LogP contribution in [0.4, 0.5) is 16.2 Å². The van der Waals surface area contributed by atoms with Gasteiger partial charge in [-0.1, -0.05) is 50.2 Å². The van der Waals surface area contributed by atoms with E-state index in [1.807, 2.05) is 44.2 Å². The van der Waals surface area contributed by atoms with Crippen molar-refractivity contribution in [2.24, 2.45) is 5.92 Å². The predicted molar refractivity (Wildman–Crippen MR) is 120 cm³/mol. The maximum absolute atomic E-state index is 13.3. The summed E-state index contributed by atoms with van der Waals surface area (Å²) >= 11 is 0. The van der Waals surface area contributed by atoms with Gasteiger partial charge in [-0.2, -0.15) is 0 Å². The second-order valence-electron chi connectivity index (χ2n) is 8.04. The maximum Gasteiger partial charge on any atom is 0.411 e. The zero-order valence-corrected chi connectivity index (χ0v) is 18.0. The first kappa shape index (κ1) is 22.3. The van der Waals surface area contributed by atoms with Gasteiger partial charge in [0.1, 0.15) is 6.04 Å². The molecule has 3 amide bonds. The number of rotatable bonds is 7. The number of nitrogens with one attached hydrogen (secondary N) is 2. The fourth-order valence-corrected chi connectivity index (χ4v) is 3.49. The zero-order valence-electron chi connectivity index (χ0n) is 18.0. The van der Waals surface area contributed by atoms with Gasteiger partial charge in [0.05, 0.1) is 6.61 Å². The standard InChI is InChI=1S/C24H29N3O4/c1-17(2)16-31-24(30)26-20-12-8-11-19(15-20)25-23(29)22(18-9-4-3-5-10-18)27-14-7-6-13-21(27)28/h3-5,8-12,15,17,22H,6-7,13-14,16H2,1-2H3,(H,25,29)(H,26,30). The molecule has 0 radical (unpaired) electrons. The van der Waals surface area contributed by atoms with E-state index in [1.165, 1.54) is 0 Å². The van der Waals surface area contributed by atoms with Crippen molar-refractivity contribution in [3.8, 4) is 0 Å². The van der Waals surface area contributed by atoms with Crippen LogP contribution in [0, 0.1) is 5.92 Å². The van der Waals surface area contributed by atoms with Crippen molar-refractivity contribution in [2.45, 2.75) is 39.2 Å². The Labute approximate surface area is 182 Å². The average molecular weight is 424 g/mol. The number of anilines is 2. The molecular formula is C24H29N3O4. The molecule has 164 valence electrons. The molecule has 1 aliphatic rings. The zero-order chi connectivity index (χ0) is 22.2. The van der Waals surface area contributed by atoms with E-state index in [1.54, 1.807) is 29.2 Å². The fourth-order valence-electron chi connectivity index (χ4n) is 3.49. The van der Waals surface area contributed by atoms with Crippen LogP contribution in [-0.2, 0) is 14.3 Å². The molecule has 0 aliphatic carbocycles. The van der Waals surface area contributed by atoms with Crippen LogP contribution in [0.15, 0.2) is 54.6 Å². The Balaban J connectivity index is 1.74. The minimum atomic E-state index is -0.707. The Bertz CT molecular complexity index is 914. The van der Waals surface area contributed by atoms with Crippen LogP contribution in [0.2, 0.25) is 0 Å². The normalized spacial score (nSPS) is 14.8. The molecule has 1 heterocycles. The fraction of sp³-hybridized carbons (Fsp3) is 0.375. The molecule has 1 aliphatic heterocycles. The summed E-state index contributed by atoms with van der Waals surface area (Å²) < 4.78 is 5.13. The molecule has 31 heavy (non-hydrogen) atoms. The van der Waals surface area contributed by atoms with Gasteiger partial charge in [-0.3, -0.25) is 14.9 Å². The number of hydrogen-bond donors (Lipinski definition) is 2. The topological polar surface area (TPSA) is 87.7 Å². The summed E-state index contributed by atoms with van der Waals surface area (Å²) in [6.07, 6.45) is 1.63. The van der Waals surface area contributed by atoms with E-state index in [-0.39, 0.29) is 17.7 Å². The quantitative estimate of drug-likeness (QED) is 0.682. The predicted octanol–water partition coefficient (Wildman–Crippen LogP) is 4.58. The third-order valence-electron chi connectivity index (χ3n) is 4.96. The Morgan fingerprint density at radius 1 is 1.00 bits per heavy atom. The van der Waals surface area contributed by atoms with Crippen molar-refractivity contribution in [1.29, 1.82) is 0 Å². The lowest BCUT2D eigenvalue weighted by molar-refractivity contribution is -0.141. The second kappa shape index (κ2) is 10.6. The molecule has 2 aromatic rings. The molecule has 0 saturated carbocycles. The lowest BCUT2D eigenvalue weighted by Crippen LogP contribution is -2.43.